The van der Waals surface area contributed by atoms with Crippen molar-refractivity contribution in [1.82, 2.24) is 0 Å². The summed E-state index contributed by atoms with van der Waals surface area (Å²) < 4.78 is 4.87. The van der Waals surface area contributed by atoms with Crippen LogP contribution in [0.3, 0.4) is 0 Å². The number of hydrogen-bond donors (Lipinski definition) is 0. The van der Waals surface area contributed by atoms with Crippen molar-refractivity contribution in [2.45, 2.75) is 0 Å². The first-order valence-electron chi connectivity index (χ1n) is 1.71. The molecule has 2 nitrogen and oxygen atoms in total. The zero-order valence-corrected chi connectivity index (χ0v) is 7.40. The topological polar surface area (TPSA) is 26.3 Å². The molecule has 0 fully saturated rings. The summed E-state index contributed by atoms with van der Waals surface area (Å²) in [6.07, 6.45) is 0. The molecule has 0 saturated carbocycles. The summed E-state index contributed by atoms with van der Waals surface area (Å²) in [6.45, 7) is 3.41. The van der Waals surface area contributed by atoms with Crippen molar-refractivity contribution in [2.24, 2.45) is 0 Å². The first-order valence-corrected chi connectivity index (χ1v) is 3.36. The summed E-state index contributed by atoms with van der Waals surface area (Å²) in [7, 11) is 1.35. The Bertz CT molecular complexity index is 97.9. The first kappa shape index (κ1) is 7.01. The van der Waals surface area contributed by atoms with E-state index >= 15 is 0 Å². The Hall–Kier alpha value is 0.00870. The molecule has 0 aliphatic heterocycles. The molecule has 0 aromatic heterocycles. The fourth-order valence-corrected chi connectivity index (χ4v) is 0.467. The van der Waals surface area contributed by atoms with E-state index < -0.39 is 0 Å². The summed E-state index contributed by atoms with van der Waals surface area (Å²) in [4.78, 5) is 10.2. The van der Waals surface area contributed by atoms with Gasteiger partial charge in [-0.2, -0.15) is 0 Å². The molecular formula is C4H6O2Sn. The van der Waals surface area contributed by atoms with Crippen LogP contribution in [-0.2, 0) is 9.53 Å². The van der Waals surface area contributed by atoms with Gasteiger partial charge in [-0.25, -0.2) is 0 Å². The fraction of sp³-hybridized carbons (Fsp3) is 0.250. The van der Waals surface area contributed by atoms with Gasteiger partial charge < -0.3 is 0 Å². The van der Waals surface area contributed by atoms with E-state index in [1.54, 1.807) is 0 Å². The van der Waals surface area contributed by atoms with E-state index in [1.807, 2.05) is 0 Å². The predicted molar refractivity (Wildman–Crippen MR) is 28.3 cm³/mol. The van der Waals surface area contributed by atoms with Crippen LogP contribution in [0.4, 0.5) is 0 Å². The molecule has 0 amide bonds. The maximum absolute atomic E-state index is 10.2. The molecule has 2 radical (unpaired) electrons. The average molecular weight is 205 g/mol. The molecule has 0 aliphatic rings. The molecule has 7 heavy (non-hydrogen) atoms. The van der Waals surface area contributed by atoms with Crippen LogP contribution in [0, 0.1) is 0 Å². The number of ether oxygens (including phenoxy) is 1. The molecule has 0 heterocycles. The minimum absolute atomic E-state index is 0.289. The van der Waals surface area contributed by atoms with Gasteiger partial charge in [0.05, 0.1) is 0 Å². The van der Waals surface area contributed by atoms with Crippen LogP contribution in [0.5, 0.6) is 0 Å². The van der Waals surface area contributed by atoms with Gasteiger partial charge in [-0.3, -0.25) is 0 Å². The second-order valence-electron chi connectivity index (χ2n) is 1.02. The number of esters is 1. The van der Waals surface area contributed by atoms with Gasteiger partial charge in [0.1, 0.15) is 0 Å². The van der Waals surface area contributed by atoms with Crippen molar-refractivity contribution in [3.8, 4) is 0 Å². The SMILES string of the molecule is C=[C]([SnH])C(=O)OC. The monoisotopic (exact) mass is 206 g/mol. The number of hydrogen-bond acceptors (Lipinski definition) is 2. The molecule has 3 heteroatoms. The van der Waals surface area contributed by atoms with Crippen LogP contribution in [0.2, 0.25) is 0 Å². The Morgan fingerprint density at radius 2 is 2.29 bits per heavy atom. The molecule has 0 aliphatic carbocycles. The van der Waals surface area contributed by atoms with E-state index in [4.69, 9.17) is 0 Å². The summed E-state index contributed by atoms with van der Waals surface area (Å²) >= 11 is 0.752. The van der Waals surface area contributed by atoms with Gasteiger partial charge in [0.25, 0.3) is 0 Å². The molecule has 0 rings (SSSR count). The Labute approximate surface area is 55.6 Å². The van der Waals surface area contributed by atoms with Crippen LogP contribution < -0.4 is 0 Å². The normalized spacial score (nSPS) is 7.71. The molecule has 0 aromatic carbocycles. The number of rotatable bonds is 1. The molecule has 0 atom stereocenters. The standard InChI is InChI=1S/C4H5O2.Sn.H/c1-3-4(5)6-2;;/h1H2,2H3;;. The molecule has 0 N–H and O–H groups in total. The third kappa shape index (κ3) is 2.67. The number of methoxy groups -OCH3 is 1. The van der Waals surface area contributed by atoms with Crippen LogP contribution in [0.1, 0.15) is 0 Å². The van der Waals surface area contributed by atoms with Crippen molar-refractivity contribution >= 4 is 28.5 Å². The molecular weight excluding hydrogens is 199 g/mol. The maximum atomic E-state index is 10.2. The number of carbonyl (C=O) groups excluding carboxylic acids is 1. The summed E-state index contributed by atoms with van der Waals surface area (Å²) in [5, 5.41) is 0. The molecule has 38 valence electrons. The van der Waals surface area contributed by atoms with Gasteiger partial charge in [-0.15, -0.1) is 0 Å². The van der Waals surface area contributed by atoms with E-state index in [-0.39, 0.29) is 5.97 Å². The third-order valence-corrected chi connectivity index (χ3v) is 1.12. The average Bonchev–Trinajstić information content (AvgIpc) is 1.65. The van der Waals surface area contributed by atoms with Crippen LogP contribution in [0.15, 0.2) is 10.2 Å². The molecule has 0 bridgehead atoms. The number of carbonyl (C=O) groups is 1. The van der Waals surface area contributed by atoms with Crippen molar-refractivity contribution in [2.75, 3.05) is 7.11 Å². The van der Waals surface area contributed by atoms with E-state index in [0.717, 1.165) is 22.5 Å². The van der Waals surface area contributed by atoms with Crippen molar-refractivity contribution in [3.63, 3.8) is 0 Å². The van der Waals surface area contributed by atoms with Crippen LogP contribution >= 0.6 is 0 Å². The zero-order valence-electron chi connectivity index (χ0n) is 4.10. The van der Waals surface area contributed by atoms with Crippen molar-refractivity contribution in [1.29, 1.82) is 0 Å². The van der Waals surface area contributed by atoms with Gasteiger partial charge >= 0.3 is 55.3 Å². The van der Waals surface area contributed by atoms with Gasteiger partial charge in [0.15, 0.2) is 0 Å². The van der Waals surface area contributed by atoms with Crippen LogP contribution in [0.25, 0.3) is 0 Å². The van der Waals surface area contributed by atoms with E-state index in [2.05, 4.69) is 11.3 Å². The quantitative estimate of drug-likeness (QED) is 0.330. The molecule has 0 aromatic rings. The summed E-state index contributed by atoms with van der Waals surface area (Å²) in [5.41, 5.74) is 0. The third-order valence-electron chi connectivity index (χ3n) is 0.448. The Kier molecular flexibility index (Phi) is 3.07. The molecule has 0 unspecified atom stereocenters. The molecule has 0 saturated heterocycles. The second kappa shape index (κ2) is 3.07. The van der Waals surface area contributed by atoms with Crippen molar-refractivity contribution in [3.05, 3.63) is 10.2 Å². The zero-order chi connectivity index (χ0) is 5.86. The Balaban J connectivity index is 3.58. The van der Waals surface area contributed by atoms with Gasteiger partial charge in [0, 0.05) is 0 Å². The minimum atomic E-state index is -0.289. The van der Waals surface area contributed by atoms with E-state index in [0.29, 0.717) is 3.59 Å². The van der Waals surface area contributed by atoms with Crippen molar-refractivity contribution < 1.29 is 9.53 Å². The Morgan fingerprint density at radius 3 is 2.29 bits per heavy atom. The fourth-order valence-electron chi connectivity index (χ4n) is 0.131. The van der Waals surface area contributed by atoms with Gasteiger partial charge in [-0.05, 0) is 0 Å². The summed E-state index contributed by atoms with van der Waals surface area (Å²) in [5.74, 6) is -0.289. The summed E-state index contributed by atoms with van der Waals surface area (Å²) in [6, 6.07) is 0. The molecule has 0 spiro atoms. The second-order valence-corrected chi connectivity index (χ2v) is 3.01. The first-order chi connectivity index (χ1) is 3.18. The predicted octanol–water partition coefficient (Wildman–Crippen LogP) is -0.426. The van der Waals surface area contributed by atoms with E-state index in [9.17, 15) is 4.79 Å². The van der Waals surface area contributed by atoms with Gasteiger partial charge in [0.2, 0.25) is 0 Å². The van der Waals surface area contributed by atoms with Crippen LogP contribution in [-0.4, -0.2) is 35.6 Å². The Morgan fingerprint density at radius 1 is 1.86 bits per heavy atom. The van der Waals surface area contributed by atoms with Gasteiger partial charge in [-0.1, -0.05) is 0 Å². The van der Waals surface area contributed by atoms with E-state index in [1.165, 1.54) is 7.11 Å².